The second-order valence-electron chi connectivity index (χ2n) is 9.29. The molecule has 1 heterocycles. The van der Waals surface area contributed by atoms with Crippen molar-refractivity contribution in [3.63, 3.8) is 0 Å². The predicted molar refractivity (Wildman–Crippen MR) is 147 cm³/mol. The highest BCUT2D eigenvalue weighted by molar-refractivity contribution is 5.75. The first-order valence-electron chi connectivity index (χ1n) is 13.4. The second kappa shape index (κ2) is 14.6. The molecule has 0 bridgehead atoms. The molecule has 0 aromatic heterocycles. The van der Waals surface area contributed by atoms with E-state index in [-0.39, 0.29) is 24.5 Å². The van der Waals surface area contributed by atoms with Crippen LogP contribution in [0.5, 0.6) is 28.7 Å². The number of hydrogen-bond donors (Lipinski definition) is 1. The van der Waals surface area contributed by atoms with E-state index in [0.29, 0.717) is 53.3 Å². The van der Waals surface area contributed by atoms with Crippen molar-refractivity contribution in [3.8, 4) is 28.7 Å². The zero-order chi connectivity index (χ0) is 28.4. The Morgan fingerprint density at radius 2 is 1.46 bits per heavy atom. The Kier molecular flexibility index (Phi) is 11.3. The zero-order valence-corrected chi connectivity index (χ0v) is 23.8. The summed E-state index contributed by atoms with van der Waals surface area (Å²) >= 11 is 0. The third-order valence-corrected chi connectivity index (χ3v) is 6.58. The summed E-state index contributed by atoms with van der Waals surface area (Å²) in [6, 6.07) is 7.86. The average Bonchev–Trinajstić information content (AvgIpc) is 3.45. The Labute approximate surface area is 231 Å². The molecule has 2 atom stereocenters. The standard InChI is InChI=1S/C30H41NO8/c1-7-10-28(32)31(33)14-9-11-20-16-21(17-25(34-3)29(20)38-15-8-2)23-12-13-24(39-23)22-18-26(35-4)30(37-6)27(19-22)36-5/h9,14,16-19,23-24,33H,7-8,10-13,15H2,1-6H3. The first kappa shape index (κ1) is 30.1. The Hall–Kier alpha value is -3.43. The van der Waals surface area contributed by atoms with Gasteiger partial charge in [0.2, 0.25) is 11.7 Å². The van der Waals surface area contributed by atoms with Crippen LogP contribution in [0.4, 0.5) is 0 Å². The first-order chi connectivity index (χ1) is 18.9. The molecule has 2 unspecified atom stereocenters. The van der Waals surface area contributed by atoms with Crippen molar-refractivity contribution < 1.29 is 38.4 Å². The van der Waals surface area contributed by atoms with Gasteiger partial charge >= 0.3 is 0 Å². The number of nitrogens with zero attached hydrogens (tertiary/aromatic N) is 1. The maximum Gasteiger partial charge on any atom is 0.250 e. The normalized spacial score (nSPS) is 16.8. The predicted octanol–water partition coefficient (Wildman–Crippen LogP) is 6.18. The highest BCUT2D eigenvalue weighted by Crippen LogP contribution is 2.47. The molecule has 2 aromatic carbocycles. The molecule has 1 amide bonds. The maximum atomic E-state index is 11.9. The van der Waals surface area contributed by atoms with Gasteiger partial charge in [0.15, 0.2) is 23.0 Å². The lowest BCUT2D eigenvalue weighted by Gasteiger charge is -2.20. The van der Waals surface area contributed by atoms with Crippen LogP contribution in [0.1, 0.15) is 74.8 Å². The van der Waals surface area contributed by atoms with Crippen LogP contribution in [0.2, 0.25) is 0 Å². The SMILES string of the molecule is CCCOc1c(CC=CN(O)C(=O)CCC)cc(C2CCC(c3cc(OC)c(OC)c(OC)c3)O2)cc1OC. The summed E-state index contributed by atoms with van der Waals surface area (Å²) in [5.74, 6) is 2.63. The molecule has 0 aliphatic carbocycles. The Balaban J connectivity index is 1.88. The summed E-state index contributed by atoms with van der Waals surface area (Å²) < 4.78 is 34.8. The van der Waals surface area contributed by atoms with Crippen LogP contribution in [0.25, 0.3) is 0 Å². The molecule has 0 saturated carbocycles. The van der Waals surface area contributed by atoms with E-state index in [4.69, 9.17) is 28.4 Å². The van der Waals surface area contributed by atoms with Gasteiger partial charge in [-0.05, 0) is 67.5 Å². The van der Waals surface area contributed by atoms with Crippen molar-refractivity contribution in [3.05, 3.63) is 53.2 Å². The van der Waals surface area contributed by atoms with Crippen molar-refractivity contribution in [1.29, 1.82) is 0 Å². The second-order valence-corrected chi connectivity index (χ2v) is 9.29. The van der Waals surface area contributed by atoms with Crippen molar-refractivity contribution >= 4 is 5.91 Å². The number of hydrogen-bond acceptors (Lipinski definition) is 8. The lowest BCUT2D eigenvalue weighted by molar-refractivity contribution is -0.154. The molecular formula is C30H41NO8. The topological polar surface area (TPSA) is 95.9 Å². The molecule has 39 heavy (non-hydrogen) atoms. The van der Waals surface area contributed by atoms with Gasteiger partial charge in [0.25, 0.3) is 0 Å². The van der Waals surface area contributed by atoms with Crippen molar-refractivity contribution in [2.75, 3.05) is 35.0 Å². The van der Waals surface area contributed by atoms with Gasteiger partial charge in [0.1, 0.15) is 0 Å². The number of rotatable bonds is 14. The largest absolute Gasteiger partial charge is 0.493 e. The Morgan fingerprint density at radius 3 is 1.97 bits per heavy atom. The van der Waals surface area contributed by atoms with Crippen LogP contribution >= 0.6 is 0 Å². The van der Waals surface area contributed by atoms with Gasteiger partial charge in [-0.1, -0.05) is 19.9 Å². The summed E-state index contributed by atoms with van der Waals surface area (Å²) in [6.45, 7) is 4.47. The molecule has 1 fully saturated rings. The van der Waals surface area contributed by atoms with Crippen LogP contribution in [0.3, 0.4) is 0 Å². The molecule has 0 radical (unpaired) electrons. The molecule has 2 aromatic rings. The lowest BCUT2D eigenvalue weighted by Crippen LogP contribution is -2.20. The molecule has 214 valence electrons. The minimum atomic E-state index is -0.347. The van der Waals surface area contributed by atoms with E-state index < -0.39 is 0 Å². The minimum Gasteiger partial charge on any atom is -0.493 e. The first-order valence-corrected chi connectivity index (χ1v) is 13.4. The number of amides is 1. The number of carbonyl (C=O) groups is 1. The third-order valence-electron chi connectivity index (χ3n) is 6.58. The smallest absolute Gasteiger partial charge is 0.250 e. The van der Waals surface area contributed by atoms with Gasteiger partial charge in [-0.3, -0.25) is 10.0 Å². The van der Waals surface area contributed by atoms with Crippen molar-refractivity contribution in [1.82, 2.24) is 5.06 Å². The maximum absolute atomic E-state index is 11.9. The number of methoxy groups -OCH3 is 4. The lowest BCUT2D eigenvalue weighted by atomic mass is 9.99. The monoisotopic (exact) mass is 543 g/mol. The number of allylic oxidation sites excluding steroid dienone is 1. The molecule has 1 aliphatic heterocycles. The number of hydroxylamine groups is 2. The highest BCUT2D eigenvalue weighted by atomic mass is 16.5. The van der Waals surface area contributed by atoms with E-state index in [1.165, 1.54) is 6.20 Å². The summed E-state index contributed by atoms with van der Waals surface area (Å²) in [4.78, 5) is 11.9. The minimum absolute atomic E-state index is 0.151. The third kappa shape index (κ3) is 7.36. The molecular weight excluding hydrogens is 502 g/mol. The number of benzene rings is 2. The number of carbonyl (C=O) groups excluding carboxylic acids is 1. The Morgan fingerprint density at radius 1 is 0.897 bits per heavy atom. The van der Waals surface area contributed by atoms with Gasteiger partial charge in [0.05, 0.1) is 47.3 Å². The van der Waals surface area contributed by atoms with E-state index >= 15 is 0 Å². The number of ether oxygens (including phenoxy) is 6. The van der Waals surface area contributed by atoms with E-state index in [1.807, 2.05) is 32.0 Å². The highest BCUT2D eigenvalue weighted by Gasteiger charge is 2.31. The van der Waals surface area contributed by atoms with Gasteiger partial charge in [0, 0.05) is 18.2 Å². The van der Waals surface area contributed by atoms with E-state index in [1.54, 1.807) is 34.5 Å². The molecule has 1 aliphatic rings. The van der Waals surface area contributed by atoms with E-state index in [2.05, 4.69) is 6.07 Å². The van der Waals surface area contributed by atoms with E-state index in [0.717, 1.165) is 36.0 Å². The molecule has 9 nitrogen and oxygen atoms in total. The molecule has 1 N–H and O–H groups in total. The Bertz CT molecular complexity index is 1110. The van der Waals surface area contributed by atoms with Gasteiger partial charge < -0.3 is 28.4 Å². The van der Waals surface area contributed by atoms with Crippen LogP contribution in [0.15, 0.2) is 36.5 Å². The molecule has 3 rings (SSSR count). The van der Waals surface area contributed by atoms with Crippen molar-refractivity contribution in [2.24, 2.45) is 0 Å². The summed E-state index contributed by atoms with van der Waals surface area (Å²) in [6.07, 6.45) is 6.65. The molecule has 9 heteroatoms. The average molecular weight is 544 g/mol. The van der Waals surface area contributed by atoms with Gasteiger partial charge in [-0.15, -0.1) is 0 Å². The van der Waals surface area contributed by atoms with Gasteiger partial charge in [-0.25, -0.2) is 0 Å². The van der Waals surface area contributed by atoms with Gasteiger partial charge in [-0.2, -0.15) is 5.06 Å². The fourth-order valence-corrected chi connectivity index (χ4v) is 4.65. The van der Waals surface area contributed by atoms with E-state index in [9.17, 15) is 10.0 Å². The summed E-state index contributed by atoms with van der Waals surface area (Å²) in [5.41, 5.74) is 2.80. The quantitative estimate of drug-likeness (QED) is 0.223. The zero-order valence-electron chi connectivity index (χ0n) is 23.8. The fourth-order valence-electron chi connectivity index (χ4n) is 4.65. The van der Waals surface area contributed by atoms with Crippen LogP contribution < -0.4 is 23.7 Å². The summed E-state index contributed by atoms with van der Waals surface area (Å²) in [5, 5.41) is 10.6. The van der Waals surface area contributed by atoms with Crippen molar-refractivity contribution in [2.45, 2.75) is 64.6 Å². The van der Waals surface area contributed by atoms with Crippen LogP contribution in [-0.4, -0.2) is 51.2 Å². The fraction of sp³-hybridized carbons (Fsp3) is 0.500. The molecule has 1 saturated heterocycles. The summed E-state index contributed by atoms with van der Waals surface area (Å²) in [7, 11) is 6.39. The van der Waals surface area contributed by atoms with Crippen LogP contribution in [-0.2, 0) is 16.0 Å². The van der Waals surface area contributed by atoms with Crippen LogP contribution in [0, 0.1) is 0 Å². The molecule has 0 spiro atoms.